The van der Waals surface area contributed by atoms with Gasteiger partial charge in [0.15, 0.2) is 6.10 Å². The highest BCUT2D eigenvalue weighted by atomic mass is 16.6. The van der Waals surface area contributed by atoms with E-state index in [2.05, 4.69) is 5.10 Å². The highest BCUT2D eigenvalue weighted by Crippen LogP contribution is 2.16. The Morgan fingerprint density at radius 1 is 1.05 bits per heavy atom. The summed E-state index contributed by atoms with van der Waals surface area (Å²) in [5, 5.41) is 5.60. The Labute approximate surface area is 215 Å². The fraction of sp³-hybridized carbons (Fsp3) is 0.407. The summed E-state index contributed by atoms with van der Waals surface area (Å²) in [5.74, 6) is -0.933. The van der Waals surface area contributed by atoms with Gasteiger partial charge < -0.3 is 25.7 Å². The molecule has 3 rings (SSSR count). The molecule has 0 amide bonds. The first-order chi connectivity index (χ1) is 17.9. The molecule has 198 valence electrons. The second-order valence-corrected chi connectivity index (χ2v) is 8.53. The second kappa shape index (κ2) is 14.2. The molecule has 0 radical (unpaired) electrons. The van der Waals surface area contributed by atoms with Crippen LogP contribution in [-0.2, 0) is 32.0 Å². The molecule has 37 heavy (non-hydrogen) atoms. The van der Waals surface area contributed by atoms with E-state index in [4.69, 9.17) is 25.7 Å². The molecule has 0 saturated heterocycles. The third kappa shape index (κ3) is 8.21. The molecule has 10 nitrogen and oxygen atoms in total. The van der Waals surface area contributed by atoms with E-state index in [1.54, 1.807) is 43.5 Å². The lowest BCUT2D eigenvalue weighted by molar-refractivity contribution is -0.169. The van der Waals surface area contributed by atoms with E-state index in [1.807, 2.05) is 18.2 Å². The minimum Gasteiger partial charge on any atom is -0.492 e. The summed E-state index contributed by atoms with van der Waals surface area (Å²) in [6, 6.07) is 13.5. The fourth-order valence-electron chi connectivity index (χ4n) is 3.75. The van der Waals surface area contributed by atoms with Crippen LogP contribution in [0.25, 0.3) is 10.8 Å². The second-order valence-electron chi connectivity index (χ2n) is 8.53. The van der Waals surface area contributed by atoms with Crippen LogP contribution in [0.4, 0.5) is 0 Å². The normalized spacial score (nSPS) is 12.7. The molecule has 1 heterocycles. The Hall–Kier alpha value is -3.60. The lowest BCUT2D eigenvalue weighted by atomic mass is 10.1. The van der Waals surface area contributed by atoms with Crippen molar-refractivity contribution in [2.45, 2.75) is 51.3 Å². The first kappa shape index (κ1) is 28.0. The number of unbranched alkanes of at least 4 members (excludes halogenated alkanes) is 1. The smallest absolute Gasteiger partial charge is 0.343 e. The number of rotatable bonds is 14. The maximum Gasteiger partial charge on any atom is 0.343 e. The van der Waals surface area contributed by atoms with E-state index in [9.17, 15) is 14.4 Å². The molecule has 10 heteroatoms. The average Bonchev–Trinajstić information content (AvgIpc) is 2.90. The predicted octanol–water partition coefficient (Wildman–Crippen LogP) is 1.95. The van der Waals surface area contributed by atoms with E-state index < -0.39 is 24.1 Å². The lowest BCUT2D eigenvalue weighted by Gasteiger charge is -2.17. The van der Waals surface area contributed by atoms with Gasteiger partial charge in [0, 0.05) is 18.4 Å². The van der Waals surface area contributed by atoms with Crippen molar-refractivity contribution < 1.29 is 23.8 Å². The number of hydrogen-bond donors (Lipinski definition) is 2. The molecule has 0 fully saturated rings. The number of carbonyl (C=O) groups excluding carboxylic acids is 2. The predicted molar refractivity (Wildman–Crippen MR) is 139 cm³/mol. The fourth-order valence-corrected chi connectivity index (χ4v) is 3.75. The van der Waals surface area contributed by atoms with Crippen LogP contribution in [0.15, 0.2) is 59.5 Å². The van der Waals surface area contributed by atoms with Gasteiger partial charge in [-0.2, -0.15) is 5.10 Å². The Morgan fingerprint density at radius 3 is 2.54 bits per heavy atom. The number of carbonyl (C=O) groups is 2. The van der Waals surface area contributed by atoms with Crippen molar-refractivity contribution in [3.05, 3.63) is 70.6 Å². The summed E-state index contributed by atoms with van der Waals surface area (Å²) >= 11 is 0. The van der Waals surface area contributed by atoms with Crippen LogP contribution in [0.5, 0.6) is 5.75 Å². The summed E-state index contributed by atoms with van der Waals surface area (Å²) in [7, 11) is 0. The van der Waals surface area contributed by atoms with Crippen molar-refractivity contribution in [2.24, 2.45) is 11.5 Å². The highest BCUT2D eigenvalue weighted by Gasteiger charge is 2.26. The van der Waals surface area contributed by atoms with Crippen LogP contribution in [0.3, 0.4) is 0 Å². The average molecular weight is 511 g/mol. The first-order valence-corrected chi connectivity index (χ1v) is 12.4. The summed E-state index contributed by atoms with van der Waals surface area (Å²) < 4.78 is 17.6. The Kier molecular flexibility index (Phi) is 10.8. The highest BCUT2D eigenvalue weighted by molar-refractivity contribution is 5.90. The van der Waals surface area contributed by atoms with Gasteiger partial charge in [0.05, 0.1) is 18.1 Å². The van der Waals surface area contributed by atoms with Crippen molar-refractivity contribution in [1.82, 2.24) is 9.78 Å². The summed E-state index contributed by atoms with van der Waals surface area (Å²) in [5.41, 5.74) is 11.9. The molecule has 1 unspecified atom stereocenters. The summed E-state index contributed by atoms with van der Waals surface area (Å²) in [6.07, 6.45) is 2.76. The minimum atomic E-state index is -0.942. The largest absolute Gasteiger partial charge is 0.492 e. The van der Waals surface area contributed by atoms with E-state index in [-0.39, 0.29) is 25.2 Å². The molecule has 4 N–H and O–H groups in total. The first-order valence-electron chi connectivity index (χ1n) is 12.4. The molecule has 3 aromatic rings. The van der Waals surface area contributed by atoms with Gasteiger partial charge in [-0.15, -0.1) is 0 Å². The number of hydrogen-bond acceptors (Lipinski definition) is 9. The standard InChI is InChI=1S/C27H34N4O6/c1-2-35-24(27(34)37-26(33)23(29)9-5-6-14-28)17-19-10-12-21(13-11-19)36-16-15-31-25(32)22-8-4-3-7-20(22)18-30-31/h3-4,7-8,10-13,18,23-24H,2,5-6,9,14-17,28-29H2,1H3/t23-,24?/m0/s1. The minimum absolute atomic E-state index is 0.166. The number of nitrogens with zero attached hydrogens (tertiary/aromatic N) is 2. The zero-order valence-corrected chi connectivity index (χ0v) is 21.0. The van der Waals surface area contributed by atoms with Gasteiger partial charge in [0.2, 0.25) is 0 Å². The number of aromatic nitrogens is 2. The summed E-state index contributed by atoms with van der Waals surface area (Å²) in [6.45, 7) is 3.10. The van der Waals surface area contributed by atoms with Crippen LogP contribution in [0.1, 0.15) is 31.7 Å². The zero-order chi connectivity index (χ0) is 26.6. The van der Waals surface area contributed by atoms with Crippen LogP contribution < -0.4 is 21.8 Å². The third-order valence-corrected chi connectivity index (χ3v) is 5.78. The molecule has 2 atom stereocenters. The van der Waals surface area contributed by atoms with Crippen LogP contribution >= 0.6 is 0 Å². The topological polar surface area (TPSA) is 149 Å². The SMILES string of the molecule is CCOC(Cc1ccc(OCCn2ncc3ccccc3c2=O)cc1)C(=O)OC(=O)[C@@H](N)CCCCN. The van der Waals surface area contributed by atoms with Gasteiger partial charge >= 0.3 is 11.9 Å². The van der Waals surface area contributed by atoms with Gasteiger partial charge in [-0.25, -0.2) is 14.3 Å². The number of nitrogens with two attached hydrogens (primary N) is 2. The van der Waals surface area contributed by atoms with Gasteiger partial charge in [-0.05, 0) is 50.1 Å². The monoisotopic (exact) mass is 510 g/mol. The van der Waals surface area contributed by atoms with Gasteiger partial charge in [-0.3, -0.25) is 4.79 Å². The number of benzene rings is 2. The van der Waals surface area contributed by atoms with E-state index >= 15 is 0 Å². The number of ether oxygens (including phenoxy) is 3. The molecule has 0 aliphatic rings. The van der Waals surface area contributed by atoms with E-state index in [0.717, 1.165) is 17.4 Å². The molecular formula is C27H34N4O6. The number of esters is 2. The molecule has 0 saturated carbocycles. The van der Waals surface area contributed by atoms with Crippen molar-refractivity contribution in [2.75, 3.05) is 19.8 Å². The van der Waals surface area contributed by atoms with Crippen LogP contribution in [0.2, 0.25) is 0 Å². The van der Waals surface area contributed by atoms with Crippen molar-refractivity contribution in [1.29, 1.82) is 0 Å². The Morgan fingerprint density at radius 2 is 1.81 bits per heavy atom. The number of fused-ring (bicyclic) bond motifs is 1. The van der Waals surface area contributed by atoms with Gasteiger partial charge in [0.25, 0.3) is 5.56 Å². The zero-order valence-electron chi connectivity index (χ0n) is 21.0. The van der Waals surface area contributed by atoms with Crippen molar-refractivity contribution in [3.8, 4) is 5.75 Å². The molecule has 2 aromatic carbocycles. The van der Waals surface area contributed by atoms with Gasteiger partial charge in [-0.1, -0.05) is 36.8 Å². The maximum absolute atomic E-state index is 12.6. The van der Waals surface area contributed by atoms with Crippen molar-refractivity contribution in [3.63, 3.8) is 0 Å². The van der Waals surface area contributed by atoms with Crippen LogP contribution in [-0.4, -0.2) is 53.6 Å². The summed E-state index contributed by atoms with van der Waals surface area (Å²) in [4.78, 5) is 37.2. The molecule has 0 bridgehead atoms. The third-order valence-electron chi connectivity index (χ3n) is 5.78. The molecule has 0 aliphatic heterocycles. The quantitative estimate of drug-likeness (QED) is 0.188. The maximum atomic E-state index is 12.6. The lowest BCUT2D eigenvalue weighted by Crippen LogP contribution is -2.38. The van der Waals surface area contributed by atoms with Gasteiger partial charge in [0.1, 0.15) is 18.4 Å². The van der Waals surface area contributed by atoms with Crippen molar-refractivity contribution >= 4 is 22.7 Å². The van der Waals surface area contributed by atoms with Crippen LogP contribution in [0, 0.1) is 0 Å². The molecule has 0 aliphatic carbocycles. The molecular weight excluding hydrogens is 476 g/mol. The van der Waals surface area contributed by atoms with E-state index in [1.165, 1.54) is 4.68 Å². The van der Waals surface area contributed by atoms with E-state index in [0.29, 0.717) is 37.1 Å². The molecule has 1 aromatic heterocycles. The molecule has 0 spiro atoms. The Balaban J connectivity index is 1.51. The Bertz CT molecular complexity index is 1230.